The van der Waals surface area contributed by atoms with Gasteiger partial charge in [0.05, 0.1) is 12.1 Å². The standard InChI is InChI=1S/C20H24F3N3O/c1-4-26(5-2)17-9-10-18(14(3)11-17)25-19(27)13-24-16-8-6-7-15(12-16)20(21,22)23/h6-12,24H,4-5,13H2,1-3H3,(H,25,27). The third-order valence-electron chi connectivity index (χ3n) is 4.26. The van der Waals surface area contributed by atoms with Crippen molar-refractivity contribution in [1.82, 2.24) is 0 Å². The van der Waals surface area contributed by atoms with Crippen LogP contribution in [-0.2, 0) is 11.0 Å². The number of carbonyl (C=O) groups is 1. The van der Waals surface area contributed by atoms with E-state index in [0.717, 1.165) is 36.5 Å². The molecular formula is C20H24F3N3O. The third kappa shape index (κ3) is 5.64. The lowest BCUT2D eigenvalue weighted by atomic mass is 10.1. The molecule has 27 heavy (non-hydrogen) atoms. The molecule has 7 heteroatoms. The highest BCUT2D eigenvalue weighted by atomic mass is 19.4. The SMILES string of the molecule is CCN(CC)c1ccc(NC(=O)CNc2cccc(C(F)(F)F)c2)c(C)c1. The number of carbonyl (C=O) groups excluding carboxylic acids is 1. The molecule has 2 N–H and O–H groups in total. The van der Waals surface area contributed by atoms with Crippen molar-refractivity contribution < 1.29 is 18.0 Å². The molecule has 0 unspecified atom stereocenters. The molecule has 146 valence electrons. The van der Waals surface area contributed by atoms with Crippen LogP contribution in [0.5, 0.6) is 0 Å². The molecule has 0 heterocycles. The number of hydrogen-bond donors (Lipinski definition) is 2. The third-order valence-corrected chi connectivity index (χ3v) is 4.26. The second-order valence-electron chi connectivity index (χ2n) is 6.15. The topological polar surface area (TPSA) is 44.4 Å². The van der Waals surface area contributed by atoms with Crippen molar-refractivity contribution in [3.63, 3.8) is 0 Å². The number of alkyl halides is 3. The van der Waals surface area contributed by atoms with Gasteiger partial charge in [-0.1, -0.05) is 6.07 Å². The highest BCUT2D eigenvalue weighted by Crippen LogP contribution is 2.30. The summed E-state index contributed by atoms with van der Waals surface area (Å²) in [5.74, 6) is -0.328. The molecule has 2 aromatic carbocycles. The van der Waals surface area contributed by atoms with Gasteiger partial charge < -0.3 is 15.5 Å². The molecule has 0 aromatic heterocycles. The number of aryl methyl sites for hydroxylation is 1. The van der Waals surface area contributed by atoms with E-state index in [1.54, 1.807) is 0 Å². The minimum absolute atomic E-state index is 0.126. The van der Waals surface area contributed by atoms with Gasteiger partial charge in [0.25, 0.3) is 0 Å². The largest absolute Gasteiger partial charge is 0.416 e. The van der Waals surface area contributed by atoms with Crippen LogP contribution in [0.3, 0.4) is 0 Å². The van der Waals surface area contributed by atoms with Crippen LogP contribution in [0.2, 0.25) is 0 Å². The number of anilines is 3. The first kappa shape index (κ1) is 20.6. The predicted molar refractivity (Wildman–Crippen MR) is 103 cm³/mol. The fourth-order valence-electron chi connectivity index (χ4n) is 2.76. The molecule has 2 aromatic rings. The van der Waals surface area contributed by atoms with Crippen LogP contribution in [-0.4, -0.2) is 25.5 Å². The lowest BCUT2D eigenvalue weighted by Gasteiger charge is -2.22. The zero-order valence-corrected chi connectivity index (χ0v) is 15.7. The number of nitrogens with zero attached hydrogens (tertiary/aromatic N) is 1. The van der Waals surface area contributed by atoms with Gasteiger partial charge in [-0.15, -0.1) is 0 Å². The Morgan fingerprint density at radius 2 is 1.78 bits per heavy atom. The lowest BCUT2D eigenvalue weighted by molar-refractivity contribution is -0.137. The summed E-state index contributed by atoms with van der Waals surface area (Å²) < 4.78 is 38.2. The summed E-state index contributed by atoms with van der Waals surface area (Å²) in [5.41, 5.74) is 2.18. The number of nitrogens with one attached hydrogen (secondary N) is 2. The molecule has 0 aliphatic carbocycles. The van der Waals surface area contributed by atoms with E-state index in [0.29, 0.717) is 5.69 Å². The van der Waals surface area contributed by atoms with Gasteiger partial charge in [-0.05, 0) is 62.7 Å². The molecule has 4 nitrogen and oxygen atoms in total. The average Bonchev–Trinajstić information content (AvgIpc) is 2.63. The van der Waals surface area contributed by atoms with Crippen molar-refractivity contribution in [2.75, 3.05) is 35.2 Å². The van der Waals surface area contributed by atoms with Crippen molar-refractivity contribution in [3.8, 4) is 0 Å². The molecule has 0 fully saturated rings. The van der Waals surface area contributed by atoms with Gasteiger partial charge in [0.2, 0.25) is 5.91 Å². The number of halogens is 3. The summed E-state index contributed by atoms with van der Waals surface area (Å²) in [6, 6.07) is 10.6. The summed E-state index contributed by atoms with van der Waals surface area (Å²) >= 11 is 0. The molecule has 2 rings (SSSR count). The summed E-state index contributed by atoms with van der Waals surface area (Å²) in [4.78, 5) is 14.3. The minimum Gasteiger partial charge on any atom is -0.376 e. The Hall–Kier alpha value is -2.70. The Morgan fingerprint density at radius 1 is 1.07 bits per heavy atom. The molecular weight excluding hydrogens is 355 g/mol. The Balaban J connectivity index is 1.98. The van der Waals surface area contributed by atoms with Gasteiger partial charge in [0, 0.05) is 30.2 Å². The van der Waals surface area contributed by atoms with Crippen molar-refractivity contribution in [2.45, 2.75) is 26.9 Å². The Bertz CT molecular complexity index is 786. The van der Waals surface area contributed by atoms with E-state index < -0.39 is 11.7 Å². The Labute approximate surface area is 157 Å². The number of hydrogen-bond acceptors (Lipinski definition) is 3. The average molecular weight is 379 g/mol. The van der Waals surface area contributed by atoms with E-state index in [2.05, 4.69) is 29.4 Å². The van der Waals surface area contributed by atoms with Crippen LogP contribution in [0, 0.1) is 6.92 Å². The highest BCUT2D eigenvalue weighted by molar-refractivity contribution is 5.94. The summed E-state index contributed by atoms with van der Waals surface area (Å²) in [5, 5.41) is 5.51. The monoisotopic (exact) mass is 379 g/mol. The van der Waals surface area contributed by atoms with Crippen LogP contribution < -0.4 is 15.5 Å². The van der Waals surface area contributed by atoms with Crippen molar-refractivity contribution >= 4 is 23.0 Å². The number of rotatable bonds is 7. The van der Waals surface area contributed by atoms with Gasteiger partial charge in [-0.3, -0.25) is 4.79 Å². The van der Waals surface area contributed by atoms with E-state index >= 15 is 0 Å². The second-order valence-corrected chi connectivity index (χ2v) is 6.15. The van der Waals surface area contributed by atoms with Crippen LogP contribution in [0.25, 0.3) is 0 Å². The van der Waals surface area contributed by atoms with Gasteiger partial charge in [-0.25, -0.2) is 0 Å². The van der Waals surface area contributed by atoms with Crippen LogP contribution in [0.1, 0.15) is 25.0 Å². The molecule has 0 atom stereocenters. The minimum atomic E-state index is -4.41. The van der Waals surface area contributed by atoms with Gasteiger partial charge >= 0.3 is 6.18 Å². The molecule has 0 saturated carbocycles. The van der Waals surface area contributed by atoms with E-state index in [9.17, 15) is 18.0 Å². The van der Waals surface area contributed by atoms with Crippen LogP contribution in [0.4, 0.5) is 30.2 Å². The summed E-state index contributed by atoms with van der Waals surface area (Å²) in [6.07, 6.45) is -4.41. The number of amides is 1. The first-order valence-electron chi connectivity index (χ1n) is 8.81. The maximum Gasteiger partial charge on any atom is 0.416 e. The van der Waals surface area contributed by atoms with Crippen molar-refractivity contribution in [1.29, 1.82) is 0 Å². The summed E-state index contributed by atoms with van der Waals surface area (Å²) in [6.45, 7) is 7.72. The molecule has 1 amide bonds. The van der Waals surface area contributed by atoms with Crippen molar-refractivity contribution in [3.05, 3.63) is 53.6 Å². The number of benzene rings is 2. The molecule has 0 spiro atoms. The lowest BCUT2D eigenvalue weighted by Crippen LogP contribution is -2.23. The van der Waals surface area contributed by atoms with Gasteiger partial charge in [-0.2, -0.15) is 13.2 Å². The van der Waals surface area contributed by atoms with E-state index in [-0.39, 0.29) is 18.1 Å². The molecule has 0 aliphatic rings. The summed E-state index contributed by atoms with van der Waals surface area (Å²) in [7, 11) is 0. The van der Waals surface area contributed by atoms with Crippen molar-refractivity contribution in [2.24, 2.45) is 0 Å². The fraction of sp³-hybridized carbons (Fsp3) is 0.350. The fourth-order valence-corrected chi connectivity index (χ4v) is 2.76. The zero-order chi connectivity index (χ0) is 20.0. The van der Waals surface area contributed by atoms with E-state index in [4.69, 9.17) is 0 Å². The highest BCUT2D eigenvalue weighted by Gasteiger charge is 2.30. The van der Waals surface area contributed by atoms with Crippen LogP contribution in [0.15, 0.2) is 42.5 Å². The first-order chi connectivity index (χ1) is 12.7. The first-order valence-corrected chi connectivity index (χ1v) is 8.81. The molecule has 0 bridgehead atoms. The molecule has 0 radical (unpaired) electrons. The normalized spacial score (nSPS) is 11.2. The van der Waals surface area contributed by atoms with E-state index in [1.165, 1.54) is 12.1 Å². The predicted octanol–water partition coefficient (Wildman–Crippen LogP) is 4.91. The smallest absolute Gasteiger partial charge is 0.376 e. The Morgan fingerprint density at radius 3 is 2.37 bits per heavy atom. The second kappa shape index (κ2) is 8.79. The van der Waals surface area contributed by atoms with Crippen LogP contribution >= 0.6 is 0 Å². The Kier molecular flexibility index (Phi) is 6.71. The maximum atomic E-state index is 12.7. The molecule has 0 aliphatic heterocycles. The quantitative estimate of drug-likeness (QED) is 0.718. The van der Waals surface area contributed by atoms with Gasteiger partial charge in [0.15, 0.2) is 0 Å². The maximum absolute atomic E-state index is 12.7. The molecule has 0 saturated heterocycles. The van der Waals surface area contributed by atoms with Gasteiger partial charge in [0.1, 0.15) is 0 Å². The van der Waals surface area contributed by atoms with E-state index in [1.807, 2.05) is 25.1 Å². The zero-order valence-electron chi connectivity index (χ0n) is 15.7.